The molecule has 1 N–H and O–H groups in total. The zero-order valence-electron chi connectivity index (χ0n) is 12.0. The molecule has 2 aliphatic rings. The minimum atomic E-state index is -0.321. The van der Waals surface area contributed by atoms with Gasteiger partial charge in [-0.1, -0.05) is 13.8 Å². The molecule has 2 rings (SSSR count). The molecule has 108 valence electrons. The highest BCUT2D eigenvalue weighted by Gasteiger charge is 2.31. The van der Waals surface area contributed by atoms with E-state index in [1.807, 2.05) is 11.8 Å². The van der Waals surface area contributed by atoms with Crippen LogP contribution in [0.1, 0.15) is 33.1 Å². The Morgan fingerprint density at radius 3 is 2.68 bits per heavy atom. The minimum Gasteiger partial charge on any atom is -0.344 e. The molecule has 2 heterocycles. The van der Waals surface area contributed by atoms with Crippen LogP contribution in [-0.4, -0.2) is 60.4 Å². The molecule has 2 unspecified atom stereocenters. The van der Waals surface area contributed by atoms with E-state index < -0.39 is 0 Å². The molecule has 19 heavy (non-hydrogen) atoms. The van der Waals surface area contributed by atoms with Gasteiger partial charge in [0.1, 0.15) is 6.04 Å². The third kappa shape index (κ3) is 3.47. The molecule has 0 aromatic carbocycles. The van der Waals surface area contributed by atoms with E-state index in [0.717, 1.165) is 32.6 Å². The van der Waals surface area contributed by atoms with Crippen LogP contribution in [0.25, 0.3) is 0 Å². The lowest BCUT2D eigenvalue weighted by Crippen LogP contribution is -2.45. The molecule has 2 aliphatic heterocycles. The second kappa shape index (κ2) is 6.37. The molecular formula is C14H25N3O2. The molecule has 0 saturated carbocycles. The predicted molar refractivity (Wildman–Crippen MR) is 73.6 cm³/mol. The van der Waals surface area contributed by atoms with Crippen LogP contribution < -0.4 is 5.32 Å². The van der Waals surface area contributed by atoms with Crippen LogP contribution in [0.3, 0.4) is 0 Å². The Morgan fingerprint density at radius 2 is 2.05 bits per heavy atom. The first-order chi connectivity index (χ1) is 9.13. The summed E-state index contributed by atoms with van der Waals surface area (Å²) in [6, 6.07) is -0.321. The van der Waals surface area contributed by atoms with Gasteiger partial charge in [-0.05, 0) is 31.8 Å². The topological polar surface area (TPSA) is 52.7 Å². The Labute approximate surface area is 115 Å². The number of nitrogens with zero attached hydrogens (tertiary/aromatic N) is 2. The van der Waals surface area contributed by atoms with E-state index in [1.165, 1.54) is 0 Å². The number of carbonyl (C=O) groups excluding carboxylic acids is 2. The fourth-order valence-electron chi connectivity index (χ4n) is 3.01. The molecule has 0 bridgehead atoms. The molecule has 2 atom stereocenters. The maximum absolute atomic E-state index is 12.4. The largest absolute Gasteiger partial charge is 0.344 e. The van der Waals surface area contributed by atoms with Gasteiger partial charge in [-0.15, -0.1) is 0 Å². The molecule has 5 heteroatoms. The van der Waals surface area contributed by atoms with E-state index in [-0.39, 0.29) is 17.9 Å². The standard InChI is InChI=1S/C14H25N3O2/c1-3-12-14(19)17(8-6-13(18)15-12)10-11-5-7-16(4-2)9-11/h11-12H,3-10H2,1-2H3,(H,15,18). The van der Waals surface area contributed by atoms with Gasteiger partial charge in [-0.2, -0.15) is 0 Å². The number of likely N-dealkylation sites (tertiary alicyclic amines) is 1. The number of hydrogen-bond donors (Lipinski definition) is 1. The highest BCUT2D eigenvalue weighted by atomic mass is 16.2. The zero-order chi connectivity index (χ0) is 13.8. The molecule has 0 aromatic rings. The van der Waals surface area contributed by atoms with Gasteiger partial charge in [0.2, 0.25) is 11.8 Å². The first-order valence-corrected chi connectivity index (χ1v) is 7.44. The monoisotopic (exact) mass is 267 g/mol. The summed E-state index contributed by atoms with van der Waals surface area (Å²) in [5.41, 5.74) is 0. The molecule has 0 spiro atoms. The van der Waals surface area contributed by atoms with Gasteiger partial charge in [-0.25, -0.2) is 0 Å². The minimum absolute atomic E-state index is 0.00399. The van der Waals surface area contributed by atoms with Crippen LogP contribution in [0.4, 0.5) is 0 Å². The van der Waals surface area contributed by atoms with Crippen molar-refractivity contribution in [2.75, 3.05) is 32.7 Å². The third-order valence-electron chi connectivity index (χ3n) is 4.26. The molecule has 2 fully saturated rings. The number of nitrogens with one attached hydrogen (secondary N) is 1. The number of hydrogen-bond acceptors (Lipinski definition) is 3. The second-order valence-corrected chi connectivity index (χ2v) is 5.61. The van der Waals surface area contributed by atoms with Crippen molar-refractivity contribution in [3.05, 3.63) is 0 Å². The van der Waals surface area contributed by atoms with Crippen LogP contribution >= 0.6 is 0 Å². The van der Waals surface area contributed by atoms with Crippen LogP contribution in [-0.2, 0) is 9.59 Å². The quantitative estimate of drug-likeness (QED) is 0.805. The van der Waals surface area contributed by atoms with Gasteiger partial charge in [0.15, 0.2) is 0 Å². The van der Waals surface area contributed by atoms with Crippen molar-refractivity contribution in [1.29, 1.82) is 0 Å². The van der Waals surface area contributed by atoms with Crippen molar-refractivity contribution in [3.63, 3.8) is 0 Å². The van der Waals surface area contributed by atoms with Crippen molar-refractivity contribution < 1.29 is 9.59 Å². The van der Waals surface area contributed by atoms with Crippen LogP contribution in [0.15, 0.2) is 0 Å². The summed E-state index contributed by atoms with van der Waals surface area (Å²) >= 11 is 0. The van der Waals surface area contributed by atoms with E-state index >= 15 is 0 Å². The molecule has 2 amide bonds. The normalized spacial score (nSPS) is 29.5. The SMILES string of the molecule is CCC1NC(=O)CCN(CC2CCN(CC)C2)C1=O. The lowest BCUT2D eigenvalue weighted by Gasteiger charge is -2.26. The van der Waals surface area contributed by atoms with Crippen LogP contribution in [0, 0.1) is 5.92 Å². The fraction of sp³-hybridized carbons (Fsp3) is 0.857. The van der Waals surface area contributed by atoms with Gasteiger partial charge in [0.25, 0.3) is 0 Å². The predicted octanol–water partition coefficient (Wildman–Crippen LogP) is 0.455. The van der Waals surface area contributed by atoms with E-state index in [2.05, 4.69) is 17.1 Å². The zero-order valence-corrected chi connectivity index (χ0v) is 12.0. The Hall–Kier alpha value is -1.10. The van der Waals surface area contributed by atoms with E-state index in [1.54, 1.807) is 0 Å². The molecule has 2 saturated heterocycles. The Morgan fingerprint density at radius 1 is 1.26 bits per heavy atom. The molecule has 0 aliphatic carbocycles. The van der Waals surface area contributed by atoms with Crippen molar-refractivity contribution in [2.45, 2.75) is 39.2 Å². The van der Waals surface area contributed by atoms with Crippen LogP contribution in [0.2, 0.25) is 0 Å². The first-order valence-electron chi connectivity index (χ1n) is 7.44. The lowest BCUT2D eigenvalue weighted by atomic mass is 10.1. The smallest absolute Gasteiger partial charge is 0.245 e. The third-order valence-corrected chi connectivity index (χ3v) is 4.26. The van der Waals surface area contributed by atoms with E-state index in [9.17, 15) is 9.59 Å². The van der Waals surface area contributed by atoms with Gasteiger partial charge < -0.3 is 15.1 Å². The number of rotatable bonds is 4. The maximum atomic E-state index is 12.4. The maximum Gasteiger partial charge on any atom is 0.245 e. The summed E-state index contributed by atoms with van der Waals surface area (Å²) in [6.45, 7) is 8.80. The fourth-order valence-corrected chi connectivity index (χ4v) is 3.01. The highest BCUT2D eigenvalue weighted by molar-refractivity contribution is 5.89. The Balaban J connectivity index is 1.94. The highest BCUT2D eigenvalue weighted by Crippen LogP contribution is 2.18. The Bertz CT molecular complexity index is 346. The average Bonchev–Trinajstić information content (AvgIpc) is 2.82. The van der Waals surface area contributed by atoms with Gasteiger partial charge in [-0.3, -0.25) is 9.59 Å². The number of amides is 2. The summed E-state index contributed by atoms with van der Waals surface area (Å²) in [6.07, 6.45) is 2.27. The van der Waals surface area contributed by atoms with Crippen molar-refractivity contribution in [1.82, 2.24) is 15.1 Å². The van der Waals surface area contributed by atoms with Crippen LogP contribution in [0.5, 0.6) is 0 Å². The van der Waals surface area contributed by atoms with Gasteiger partial charge in [0, 0.05) is 26.1 Å². The summed E-state index contributed by atoms with van der Waals surface area (Å²) in [5, 5.41) is 2.81. The number of carbonyl (C=O) groups is 2. The summed E-state index contributed by atoms with van der Waals surface area (Å²) in [5.74, 6) is 0.669. The summed E-state index contributed by atoms with van der Waals surface area (Å²) in [7, 11) is 0. The Kier molecular flexibility index (Phi) is 4.80. The van der Waals surface area contributed by atoms with Crippen molar-refractivity contribution >= 4 is 11.8 Å². The molecular weight excluding hydrogens is 242 g/mol. The van der Waals surface area contributed by atoms with Gasteiger partial charge >= 0.3 is 0 Å². The van der Waals surface area contributed by atoms with Gasteiger partial charge in [0.05, 0.1) is 0 Å². The van der Waals surface area contributed by atoms with E-state index in [0.29, 0.717) is 25.3 Å². The van der Waals surface area contributed by atoms with Crippen molar-refractivity contribution in [3.8, 4) is 0 Å². The summed E-state index contributed by atoms with van der Waals surface area (Å²) < 4.78 is 0. The van der Waals surface area contributed by atoms with E-state index in [4.69, 9.17) is 0 Å². The lowest BCUT2D eigenvalue weighted by molar-refractivity contribution is -0.134. The summed E-state index contributed by atoms with van der Waals surface area (Å²) in [4.78, 5) is 28.3. The molecule has 0 aromatic heterocycles. The molecule has 5 nitrogen and oxygen atoms in total. The second-order valence-electron chi connectivity index (χ2n) is 5.61. The average molecular weight is 267 g/mol. The molecule has 0 radical (unpaired) electrons. The first kappa shape index (κ1) is 14.3. The van der Waals surface area contributed by atoms with Crippen molar-refractivity contribution in [2.24, 2.45) is 5.92 Å².